The second-order valence-corrected chi connectivity index (χ2v) is 5.31. The SMILES string of the molecule is c1ccc(CNCC2COc3ccc4nocc4c3O2)cc1. The molecule has 3 aromatic rings. The highest BCUT2D eigenvalue weighted by Crippen LogP contribution is 2.38. The van der Waals surface area contributed by atoms with Crippen molar-refractivity contribution in [2.75, 3.05) is 13.2 Å². The molecule has 0 spiro atoms. The molecule has 0 amide bonds. The summed E-state index contributed by atoms with van der Waals surface area (Å²) in [7, 11) is 0. The standard InChI is InChI=1S/C17H16N2O3/c1-2-4-12(5-3-1)8-18-9-13-10-20-16-7-6-15-14(11-21-19-15)17(16)22-13/h1-7,11,13,18H,8-10H2. The summed E-state index contributed by atoms with van der Waals surface area (Å²) >= 11 is 0. The largest absolute Gasteiger partial charge is 0.486 e. The lowest BCUT2D eigenvalue weighted by molar-refractivity contribution is 0.0922. The van der Waals surface area contributed by atoms with Gasteiger partial charge in [0.1, 0.15) is 24.5 Å². The fourth-order valence-corrected chi connectivity index (χ4v) is 2.59. The van der Waals surface area contributed by atoms with Crippen molar-refractivity contribution >= 4 is 10.9 Å². The van der Waals surface area contributed by atoms with Crippen molar-refractivity contribution in [1.29, 1.82) is 0 Å². The average molecular weight is 296 g/mol. The van der Waals surface area contributed by atoms with E-state index < -0.39 is 0 Å². The minimum atomic E-state index is -0.0308. The van der Waals surface area contributed by atoms with E-state index in [1.807, 2.05) is 30.3 Å². The smallest absolute Gasteiger partial charge is 0.174 e. The van der Waals surface area contributed by atoms with Crippen LogP contribution in [0.15, 0.2) is 53.3 Å². The molecule has 1 atom stereocenters. The van der Waals surface area contributed by atoms with Gasteiger partial charge in [0.2, 0.25) is 0 Å². The van der Waals surface area contributed by atoms with Gasteiger partial charge in [-0.3, -0.25) is 0 Å². The van der Waals surface area contributed by atoms with E-state index in [0.717, 1.165) is 35.5 Å². The Hall–Kier alpha value is -2.53. The first-order chi connectivity index (χ1) is 10.9. The van der Waals surface area contributed by atoms with Crippen LogP contribution < -0.4 is 14.8 Å². The van der Waals surface area contributed by atoms with Gasteiger partial charge in [0, 0.05) is 13.1 Å². The molecular formula is C17H16N2O3. The monoisotopic (exact) mass is 296 g/mol. The lowest BCUT2D eigenvalue weighted by Gasteiger charge is -2.27. The molecule has 112 valence electrons. The zero-order valence-electron chi connectivity index (χ0n) is 12.0. The number of rotatable bonds is 4. The Bertz CT molecular complexity index is 770. The molecule has 0 bridgehead atoms. The predicted octanol–water partition coefficient (Wildman–Crippen LogP) is 2.76. The van der Waals surface area contributed by atoms with Crippen LogP contribution in [0.25, 0.3) is 10.9 Å². The summed E-state index contributed by atoms with van der Waals surface area (Å²) in [6.45, 7) is 2.06. The van der Waals surface area contributed by atoms with Crippen LogP contribution in [-0.4, -0.2) is 24.4 Å². The van der Waals surface area contributed by atoms with Gasteiger partial charge in [0.25, 0.3) is 0 Å². The van der Waals surface area contributed by atoms with Crippen LogP contribution in [0, 0.1) is 0 Å². The van der Waals surface area contributed by atoms with E-state index in [-0.39, 0.29) is 6.10 Å². The van der Waals surface area contributed by atoms with E-state index in [2.05, 4.69) is 22.6 Å². The van der Waals surface area contributed by atoms with Crippen LogP contribution in [0.4, 0.5) is 0 Å². The van der Waals surface area contributed by atoms with Crippen LogP contribution in [0.3, 0.4) is 0 Å². The van der Waals surface area contributed by atoms with Crippen molar-refractivity contribution in [3.05, 3.63) is 54.3 Å². The molecule has 5 heteroatoms. The number of fused-ring (bicyclic) bond motifs is 3. The third kappa shape index (κ3) is 2.51. The molecule has 0 fully saturated rings. The maximum Gasteiger partial charge on any atom is 0.174 e. The summed E-state index contributed by atoms with van der Waals surface area (Å²) in [5.41, 5.74) is 2.03. The third-order valence-electron chi connectivity index (χ3n) is 3.71. The van der Waals surface area contributed by atoms with E-state index >= 15 is 0 Å². The minimum absolute atomic E-state index is 0.0308. The lowest BCUT2D eigenvalue weighted by Crippen LogP contribution is -2.38. The number of nitrogens with one attached hydrogen (secondary N) is 1. The highest BCUT2D eigenvalue weighted by Gasteiger charge is 2.23. The number of ether oxygens (including phenoxy) is 2. The van der Waals surface area contributed by atoms with Gasteiger partial charge < -0.3 is 19.3 Å². The molecule has 5 nitrogen and oxygen atoms in total. The van der Waals surface area contributed by atoms with Crippen molar-refractivity contribution in [2.45, 2.75) is 12.6 Å². The third-order valence-corrected chi connectivity index (χ3v) is 3.71. The molecule has 1 N–H and O–H groups in total. The van der Waals surface area contributed by atoms with E-state index in [0.29, 0.717) is 6.61 Å². The summed E-state index contributed by atoms with van der Waals surface area (Å²) in [5, 5.41) is 8.18. The van der Waals surface area contributed by atoms with Gasteiger partial charge in [-0.2, -0.15) is 0 Å². The minimum Gasteiger partial charge on any atom is -0.486 e. The Morgan fingerprint density at radius 1 is 1.14 bits per heavy atom. The number of aromatic nitrogens is 1. The fourth-order valence-electron chi connectivity index (χ4n) is 2.59. The molecule has 0 saturated heterocycles. The van der Waals surface area contributed by atoms with E-state index in [4.69, 9.17) is 14.0 Å². The summed E-state index contributed by atoms with van der Waals surface area (Å²) in [5.74, 6) is 1.46. The van der Waals surface area contributed by atoms with Crippen molar-refractivity contribution in [1.82, 2.24) is 10.5 Å². The Balaban J connectivity index is 1.42. The van der Waals surface area contributed by atoms with Crippen molar-refractivity contribution < 1.29 is 14.0 Å². The highest BCUT2D eigenvalue weighted by molar-refractivity contribution is 5.87. The first-order valence-electron chi connectivity index (χ1n) is 7.31. The quantitative estimate of drug-likeness (QED) is 0.802. The number of nitrogens with zero attached hydrogens (tertiary/aromatic N) is 1. The fraction of sp³-hybridized carbons (Fsp3) is 0.235. The Kier molecular flexibility index (Phi) is 3.40. The molecule has 1 aliphatic heterocycles. The molecule has 1 aromatic heterocycles. The zero-order chi connectivity index (χ0) is 14.8. The maximum absolute atomic E-state index is 6.05. The highest BCUT2D eigenvalue weighted by atomic mass is 16.6. The van der Waals surface area contributed by atoms with Gasteiger partial charge in [-0.1, -0.05) is 35.5 Å². The molecule has 1 aliphatic rings. The van der Waals surface area contributed by atoms with Crippen LogP contribution >= 0.6 is 0 Å². The second kappa shape index (κ2) is 5.69. The molecule has 0 saturated carbocycles. The van der Waals surface area contributed by atoms with Crippen LogP contribution in [0.5, 0.6) is 11.5 Å². The molecular weight excluding hydrogens is 280 g/mol. The molecule has 2 heterocycles. The maximum atomic E-state index is 6.05. The normalized spacial score (nSPS) is 16.8. The molecule has 0 radical (unpaired) electrons. The zero-order valence-corrected chi connectivity index (χ0v) is 12.0. The van der Waals surface area contributed by atoms with Crippen LogP contribution in [0.1, 0.15) is 5.56 Å². The second-order valence-electron chi connectivity index (χ2n) is 5.31. The first kappa shape index (κ1) is 13.2. The Labute approximate surface area is 127 Å². The van der Waals surface area contributed by atoms with E-state index in [1.54, 1.807) is 6.26 Å². The Morgan fingerprint density at radius 3 is 2.95 bits per heavy atom. The number of benzene rings is 2. The molecule has 1 unspecified atom stereocenters. The summed E-state index contributed by atoms with van der Waals surface area (Å²) < 4.78 is 16.8. The average Bonchev–Trinajstić information content (AvgIpc) is 3.05. The summed E-state index contributed by atoms with van der Waals surface area (Å²) in [4.78, 5) is 0. The van der Waals surface area contributed by atoms with Gasteiger partial charge in [0.15, 0.2) is 11.5 Å². The topological polar surface area (TPSA) is 56.5 Å². The van der Waals surface area contributed by atoms with Crippen molar-refractivity contribution in [2.24, 2.45) is 0 Å². The van der Waals surface area contributed by atoms with E-state index in [1.165, 1.54) is 5.56 Å². The first-order valence-corrected chi connectivity index (χ1v) is 7.31. The van der Waals surface area contributed by atoms with Gasteiger partial charge in [-0.25, -0.2) is 0 Å². The molecule has 4 rings (SSSR count). The van der Waals surface area contributed by atoms with Gasteiger partial charge in [-0.05, 0) is 17.7 Å². The van der Waals surface area contributed by atoms with Crippen molar-refractivity contribution in [3.63, 3.8) is 0 Å². The van der Waals surface area contributed by atoms with E-state index in [9.17, 15) is 0 Å². The number of hydrogen-bond donors (Lipinski definition) is 1. The van der Waals surface area contributed by atoms with Gasteiger partial charge >= 0.3 is 0 Å². The summed E-state index contributed by atoms with van der Waals surface area (Å²) in [6.07, 6.45) is 1.56. The predicted molar refractivity (Wildman–Crippen MR) is 82.1 cm³/mol. The molecule has 2 aromatic carbocycles. The molecule has 0 aliphatic carbocycles. The Morgan fingerprint density at radius 2 is 2.05 bits per heavy atom. The molecule has 22 heavy (non-hydrogen) atoms. The number of hydrogen-bond acceptors (Lipinski definition) is 5. The van der Waals surface area contributed by atoms with Crippen LogP contribution in [-0.2, 0) is 6.54 Å². The summed E-state index contributed by atoms with van der Waals surface area (Å²) in [6, 6.07) is 14.0. The van der Waals surface area contributed by atoms with Crippen LogP contribution in [0.2, 0.25) is 0 Å². The van der Waals surface area contributed by atoms with Crippen molar-refractivity contribution in [3.8, 4) is 11.5 Å². The van der Waals surface area contributed by atoms with Gasteiger partial charge in [0.05, 0.1) is 5.39 Å². The van der Waals surface area contributed by atoms with Gasteiger partial charge in [-0.15, -0.1) is 0 Å². The lowest BCUT2D eigenvalue weighted by atomic mass is 10.2.